The van der Waals surface area contributed by atoms with E-state index in [1.807, 2.05) is 18.2 Å². The monoisotopic (exact) mass is 245 g/mol. The lowest BCUT2D eigenvalue weighted by Gasteiger charge is -2.14. The van der Waals surface area contributed by atoms with E-state index in [4.69, 9.17) is 10.2 Å². The van der Waals surface area contributed by atoms with E-state index in [0.29, 0.717) is 17.7 Å². The van der Waals surface area contributed by atoms with Crippen molar-refractivity contribution in [3.8, 4) is 0 Å². The molecule has 0 radical (unpaired) electrons. The molecule has 4 nitrogen and oxygen atoms in total. The average molecular weight is 245 g/mol. The molecule has 1 aliphatic rings. The Bertz CT molecular complexity index is 545. The number of hydrogen-bond donors (Lipinski definition) is 2. The van der Waals surface area contributed by atoms with E-state index in [0.717, 1.165) is 23.4 Å². The molecular formula is C14H19N3O. The quantitative estimate of drug-likeness (QED) is 0.792. The van der Waals surface area contributed by atoms with Crippen LogP contribution in [0.3, 0.4) is 0 Å². The number of nitrogens with zero attached hydrogens (tertiary/aromatic N) is 1. The molecule has 1 fully saturated rings. The van der Waals surface area contributed by atoms with Crippen molar-refractivity contribution < 1.29 is 4.42 Å². The number of oxazole rings is 1. The highest BCUT2D eigenvalue weighted by Crippen LogP contribution is 2.35. The van der Waals surface area contributed by atoms with Crippen LogP contribution in [0.15, 0.2) is 22.6 Å². The molecule has 18 heavy (non-hydrogen) atoms. The Labute approximate surface area is 107 Å². The van der Waals surface area contributed by atoms with Crippen LogP contribution >= 0.6 is 0 Å². The van der Waals surface area contributed by atoms with Crippen molar-refractivity contribution in [2.24, 2.45) is 5.92 Å². The summed E-state index contributed by atoms with van der Waals surface area (Å²) in [7, 11) is 0. The van der Waals surface area contributed by atoms with Crippen molar-refractivity contribution in [1.29, 1.82) is 0 Å². The number of nitrogens with two attached hydrogens (primary N) is 1. The van der Waals surface area contributed by atoms with E-state index in [9.17, 15) is 0 Å². The van der Waals surface area contributed by atoms with Crippen LogP contribution < -0.4 is 11.1 Å². The van der Waals surface area contributed by atoms with Gasteiger partial charge in [-0.15, -0.1) is 0 Å². The van der Waals surface area contributed by atoms with Crippen molar-refractivity contribution in [2.45, 2.75) is 38.6 Å². The number of nitrogens with one attached hydrogen (secondary N) is 1. The zero-order chi connectivity index (χ0) is 12.5. The van der Waals surface area contributed by atoms with Crippen molar-refractivity contribution in [3.63, 3.8) is 0 Å². The molecule has 1 unspecified atom stereocenters. The first-order valence-electron chi connectivity index (χ1n) is 6.67. The van der Waals surface area contributed by atoms with E-state index >= 15 is 0 Å². The minimum absolute atomic E-state index is 0.461. The second kappa shape index (κ2) is 4.52. The molecule has 0 amide bonds. The van der Waals surface area contributed by atoms with Crippen LogP contribution in [0, 0.1) is 5.92 Å². The molecule has 2 aromatic rings. The highest BCUT2D eigenvalue weighted by atomic mass is 16.4. The molecule has 0 spiro atoms. The van der Waals surface area contributed by atoms with Gasteiger partial charge in [-0.2, -0.15) is 4.98 Å². The fourth-order valence-electron chi connectivity index (χ4n) is 2.26. The molecule has 3 N–H and O–H groups in total. The van der Waals surface area contributed by atoms with Crippen LogP contribution in [-0.4, -0.2) is 11.0 Å². The molecule has 3 rings (SSSR count). The number of hydrogen-bond acceptors (Lipinski definition) is 4. The summed E-state index contributed by atoms with van der Waals surface area (Å²) in [4.78, 5) is 4.44. The van der Waals surface area contributed by atoms with Crippen LogP contribution in [-0.2, 0) is 0 Å². The van der Waals surface area contributed by atoms with Crippen molar-refractivity contribution in [2.75, 3.05) is 11.1 Å². The van der Waals surface area contributed by atoms with E-state index in [2.05, 4.69) is 17.2 Å². The highest BCUT2D eigenvalue weighted by molar-refractivity contribution is 5.78. The Morgan fingerprint density at radius 3 is 3.06 bits per heavy atom. The lowest BCUT2D eigenvalue weighted by molar-refractivity contribution is 0.545. The third kappa shape index (κ3) is 2.42. The SMILES string of the molecule is CCC(CC1CC1)Nc1nc2ccc(N)cc2o1. The maximum absolute atomic E-state index is 5.73. The van der Waals surface area contributed by atoms with Gasteiger partial charge >= 0.3 is 0 Å². The molecule has 1 atom stereocenters. The molecule has 1 aromatic heterocycles. The van der Waals surface area contributed by atoms with Gasteiger partial charge in [0.2, 0.25) is 0 Å². The molecular weight excluding hydrogens is 226 g/mol. The summed E-state index contributed by atoms with van der Waals surface area (Å²) in [6, 6.07) is 6.62. The largest absolute Gasteiger partial charge is 0.423 e. The predicted molar refractivity (Wildman–Crippen MR) is 73.5 cm³/mol. The van der Waals surface area contributed by atoms with Crippen LogP contribution in [0.4, 0.5) is 11.7 Å². The first-order chi connectivity index (χ1) is 8.74. The number of fused-ring (bicyclic) bond motifs is 1. The molecule has 1 heterocycles. The molecule has 4 heteroatoms. The van der Waals surface area contributed by atoms with Gasteiger partial charge in [-0.3, -0.25) is 0 Å². The molecule has 0 bridgehead atoms. The van der Waals surface area contributed by atoms with Crippen molar-refractivity contribution in [3.05, 3.63) is 18.2 Å². The highest BCUT2D eigenvalue weighted by Gasteiger charge is 2.25. The Hall–Kier alpha value is -1.71. The Kier molecular flexibility index (Phi) is 2.86. The molecule has 1 aromatic carbocycles. The van der Waals surface area contributed by atoms with Gasteiger partial charge in [-0.05, 0) is 30.9 Å². The first kappa shape index (κ1) is 11.4. The predicted octanol–water partition coefficient (Wildman–Crippen LogP) is 3.40. The zero-order valence-corrected chi connectivity index (χ0v) is 10.6. The minimum atomic E-state index is 0.461. The molecule has 1 aliphatic carbocycles. The number of rotatable bonds is 5. The van der Waals surface area contributed by atoms with E-state index in [1.165, 1.54) is 19.3 Å². The third-order valence-corrected chi connectivity index (χ3v) is 3.55. The fraction of sp³-hybridized carbons (Fsp3) is 0.500. The zero-order valence-electron chi connectivity index (χ0n) is 10.6. The van der Waals surface area contributed by atoms with Crippen molar-refractivity contribution >= 4 is 22.8 Å². The van der Waals surface area contributed by atoms with Crippen molar-refractivity contribution in [1.82, 2.24) is 4.98 Å². The summed E-state index contributed by atoms with van der Waals surface area (Å²) >= 11 is 0. The van der Waals surface area contributed by atoms with Gasteiger partial charge in [0.15, 0.2) is 5.58 Å². The Balaban J connectivity index is 1.76. The molecule has 0 aliphatic heterocycles. The van der Waals surface area contributed by atoms with Crippen LogP contribution in [0.25, 0.3) is 11.1 Å². The topological polar surface area (TPSA) is 64.1 Å². The molecule has 96 valence electrons. The van der Waals surface area contributed by atoms with Gasteiger partial charge in [0, 0.05) is 17.8 Å². The maximum Gasteiger partial charge on any atom is 0.295 e. The smallest absolute Gasteiger partial charge is 0.295 e. The number of benzene rings is 1. The average Bonchev–Trinajstić information content (AvgIpc) is 3.07. The van der Waals surface area contributed by atoms with E-state index in [1.54, 1.807) is 0 Å². The fourth-order valence-corrected chi connectivity index (χ4v) is 2.26. The lowest BCUT2D eigenvalue weighted by atomic mass is 10.1. The summed E-state index contributed by atoms with van der Waals surface area (Å²) in [6.45, 7) is 2.20. The van der Waals surface area contributed by atoms with Gasteiger partial charge in [0.1, 0.15) is 5.52 Å². The Morgan fingerprint density at radius 2 is 2.33 bits per heavy atom. The van der Waals surface area contributed by atoms with Gasteiger partial charge in [-0.1, -0.05) is 19.8 Å². The van der Waals surface area contributed by atoms with Crippen LogP contribution in [0.5, 0.6) is 0 Å². The summed E-state index contributed by atoms with van der Waals surface area (Å²) in [6.07, 6.45) is 5.07. The lowest BCUT2D eigenvalue weighted by Crippen LogP contribution is -2.19. The number of nitrogen functional groups attached to an aromatic ring is 1. The third-order valence-electron chi connectivity index (χ3n) is 3.55. The summed E-state index contributed by atoms with van der Waals surface area (Å²) in [5.74, 6) is 0.905. The first-order valence-corrected chi connectivity index (χ1v) is 6.67. The summed E-state index contributed by atoms with van der Waals surface area (Å²) in [5.41, 5.74) is 8.03. The Morgan fingerprint density at radius 1 is 1.50 bits per heavy atom. The van der Waals surface area contributed by atoms with Crippen LogP contribution in [0.2, 0.25) is 0 Å². The van der Waals surface area contributed by atoms with Gasteiger partial charge in [0.05, 0.1) is 0 Å². The minimum Gasteiger partial charge on any atom is -0.423 e. The summed E-state index contributed by atoms with van der Waals surface area (Å²) in [5, 5.41) is 3.39. The van der Waals surface area contributed by atoms with E-state index in [-0.39, 0.29) is 0 Å². The molecule has 1 saturated carbocycles. The molecule has 0 saturated heterocycles. The normalized spacial score (nSPS) is 16.9. The van der Waals surface area contributed by atoms with Gasteiger partial charge < -0.3 is 15.5 Å². The van der Waals surface area contributed by atoms with E-state index < -0.39 is 0 Å². The van der Waals surface area contributed by atoms with Crippen LogP contribution in [0.1, 0.15) is 32.6 Å². The van der Waals surface area contributed by atoms with Gasteiger partial charge in [-0.25, -0.2) is 0 Å². The summed E-state index contributed by atoms with van der Waals surface area (Å²) < 4.78 is 5.68. The second-order valence-electron chi connectivity index (χ2n) is 5.17. The maximum atomic E-state index is 5.73. The standard InChI is InChI=1S/C14H19N3O/c1-2-11(7-9-3-4-9)16-14-17-12-6-5-10(15)8-13(12)18-14/h5-6,8-9,11H,2-4,7,15H2,1H3,(H,16,17). The number of aromatic nitrogens is 1. The van der Waals surface area contributed by atoms with Gasteiger partial charge in [0.25, 0.3) is 6.01 Å². The number of anilines is 2. The second-order valence-corrected chi connectivity index (χ2v) is 5.17.